The fourth-order valence-electron chi connectivity index (χ4n) is 1.84. The van der Waals surface area contributed by atoms with Gasteiger partial charge in [-0.2, -0.15) is 0 Å². The number of hydrogen-bond donors (Lipinski definition) is 0. The van der Waals surface area contributed by atoms with Gasteiger partial charge in [0.1, 0.15) is 12.1 Å². The topological polar surface area (TPSA) is 41.5 Å². The molecule has 7 heteroatoms. The molecular weight excluding hydrogens is 308 g/mol. The SMILES string of the molecule is CN(C)c1ccncn1.Clc1cc(N2CCOCC2)cs1. The third-order valence-electron chi connectivity index (χ3n) is 2.95. The highest BCUT2D eigenvalue weighted by Gasteiger charge is 2.11. The number of halogens is 1. The van der Waals surface area contributed by atoms with Crippen molar-refractivity contribution in [3.63, 3.8) is 0 Å². The summed E-state index contributed by atoms with van der Waals surface area (Å²) in [5.41, 5.74) is 1.23. The largest absolute Gasteiger partial charge is 0.378 e. The van der Waals surface area contributed by atoms with Gasteiger partial charge in [-0.15, -0.1) is 11.3 Å². The van der Waals surface area contributed by atoms with Gasteiger partial charge in [0.15, 0.2) is 0 Å². The summed E-state index contributed by atoms with van der Waals surface area (Å²) in [5.74, 6) is 0.935. The van der Waals surface area contributed by atoms with Crippen molar-refractivity contribution in [2.24, 2.45) is 0 Å². The molecule has 1 saturated heterocycles. The molecule has 0 amide bonds. The third-order valence-corrected chi connectivity index (χ3v) is 4.03. The monoisotopic (exact) mass is 326 g/mol. The average molecular weight is 327 g/mol. The molecule has 3 heterocycles. The molecular formula is C14H19ClN4OS. The normalized spacial score (nSPS) is 14.3. The van der Waals surface area contributed by atoms with Crippen LogP contribution >= 0.6 is 22.9 Å². The minimum absolute atomic E-state index is 0.827. The maximum Gasteiger partial charge on any atom is 0.131 e. The van der Waals surface area contributed by atoms with E-state index in [9.17, 15) is 0 Å². The van der Waals surface area contributed by atoms with Gasteiger partial charge in [0.05, 0.1) is 17.6 Å². The number of morpholine rings is 1. The predicted octanol–water partition coefficient (Wildman–Crippen LogP) is 2.78. The molecule has 1 aliphatic heterocycles. The summed E-state index contributed by atoms with van der Waals surface area (Å²) in [6.07, 6.45) is 3.26. The van der Waals surface area contributed by atoms with E-state index in [2.05, 4.69) is 20.2 Å². The van der Waals surface area contributed by atoms with Crippen LogP contribution in [0.25, 0.3) is 0 Å². The van der Waals surface area contributed by atoms with Crippen molar-refractivity contribution in [2.45, 2.75) is 0 Å². The van der Waals surface area contributed by atoms with Crippen LogP contribution in [0.2, 0.25) is 4.34 Å². The van der Waals surface area contributed by atoms with Crippen LogP contribution in [0.3, 0.4) is 0 Å². The Morgan fingerprint density at radius 3 is 2.57 bits per heavy atom. The zero-order valence-corrected chi connectivity index (χ0v) is 13.8. The molecule has 0 spiro atoms. The van der Waals surface area contributed by atoms with Crippen LogP contribution in [0.5, 0.6) is 0 Å². The van der Waals surface area contributed by atoms with Gasteiger partial charge >= 0.3 is 0 Å². The molecule has 114 valence electrons. The summed E-state index contributed by atoms with van der Waals surface area (Å²) in [6, 6.07) is 3.87. The molecule has 0 atom stereocenters. The van der Waals surface area contributed by atoms with E-state index in [1.54, 1.807) is 17.5 Å². The first kappa shape index (κ1) is 16.0. The standard InChI is InChI=1S/C8H10ClNOS.C6H9N3/c9-8-5-7(6-12-8)10-1-3-11-4-2-10;1-9(2)6-3-4-7-5-8-6/h5-6H,1-4H2;3-5H,1-2H3. The first-order chi connectivity index (χ1) is 10.2. The molecule has 0 unspecified atom stereocenters. The van der Waals surface area contributed by atoms with E-state index < -0.39 is 0 Å². The van der Waals surface area contributed by atoms with E-state index in [1.807, 2.05) is 31.1 Å². The maximum absolute atomic E-state index is 5.84. The maximum atomic E-state index is 5.84. The number of aromatic nitrogens is 2. The number of anilines is 2. The van der Waals surface area contributed by atoms with Crippen molar-refractivity contribution in [3.05, 3.63) is 34.4 Å². The predicted molar refractivity (Wildman–Crippen MR) is 88.7 cm³/mol. The Bertz CT molecular complexity index is 529. The van der Waals surface area contributed by atoms with Gasteiger partial charge < -0.3 is 14.5 Å². The van der Waals surface area contributed by atoms with Crippen molar-refractivity contribution in [3.8, 4) is 0 Å². The van der Waals surface area contributed by atoms with Crippen LogP contribution in [0.15, 0.2) is 30.0 Å². The Labute approximate surface area is 134 Å². The lowest BCUT2D eigenvalue weighted by Gasteiger charge is -2.27. The molecule has 0 N–H and O–H groups in total. The molecule has 2 aromatic rings. The molecule has 21 heavy (non-hydrogen) atoms. The molecule has 0 saturated carbocycles. The Kier molecular flexibility index (Phi) is 6.22. The van der Waals surface area contributed by atoms with E-state index in [1.165, 1.54) is 12.0 Å². The zero-order chi connectivity index (χ0) is 15.1. The minimum Gasteiger partial charge on any atom is -0.378 e. The molecule has 2 aromatic heterocycles. The smallest absolute Gasteiger partial charge is 0.131 e. The highest BCUT2D eigenvalue weighted by molar-refractivity contribution is 7.14. The highest BCUT2D eigenvalue weighted by atomic mass is 35.5. The van der Waals surface area contributed by atoms with Crippen LogP contribution in [-0.4, -0.2) is 50.4 Å². The van der Waals surface area contributed by atoms with E-state index in [-0.39, 0.29) is 0 Å². The Morgan fingerprint density at radius 1 is 1.33 bits per heavy atom. The summed E-state index contributed by atoms with van der Waals surface area (Å²) in [7, 11) is 3.89. The van der Waals surface area contributed by atoms with Gasteiger partial charge in [-0.25, -0.2) is 9.97 Å². The minimum atomic E-state index is 0.827. The van der Waals surface area contributed by atoms with Crippen molar-refractivity contribution >= 4 is 34.4 Å². The lowest BCUT2D eigenvalue weighted by Crippen LogP contribution is -2.35. The Balaban J connectivity index is 0.000000161. The molecule has 0 aromatic carbocycles. The van der Waals surface area contributed by atoms with Gasteiger partial charge in [-0.05, 0) is 12.1 Å². The number of hydrogen-bond acceptors (Lipinski definition) is 6. The summed E-state index contributed by atoms with van der Waals surface area (Å²) >= 11 is 7.42. The van der Waals surface area contributed by atoms with Gasteiger partial charge in [0.2, 0.25) is 0 Å². The lowest BCUT2D eigenvalue weighted by atomic mass is 10.4. The van der Waals surface area contributed by atoms with Gasteiger partial charge in [0.25, 0.3) is 0 Å². The highest BCUT2D eigenvalue weighted by Crippen LogP contribution is 2.27. The van der Waals surface area contributed by atoms with Crippen LogP contribution in [-0.2, 0) is 4.74 Å². The molecule has 1 fully saturated rings. The van der Waals surface area contributed by atoms with Gasteiger partial charge in [-0.1, -0.05) is 11.6 Å². The first-order valence-electron chi connectivity index (χ1n) is 6.67. The van der Waals surface area contributed by atoms with Gasteiger partial charge in [0, 0.05) is 44.4 Å². The van der Waals surface area contributed by atoms with Crippen LogP contribution < -0.4 is 9.80 Å². The Morgan fingerprint density at radius 2 is 2.10 bits per heavy atom. The lowest BCUT2D eigenvalue weighted by molar-refractivity contribution is 0.122. The molecule has 5 nitrogen and oxygen atoms in total. The van der Waals surface area contributed by atoms with Crippen LogP contribution in [0.1, 0.15) is 0 Å². The number of thiophene rings is 1. The summed E-state index contributed by atoms with van der Waals surface area (Å²) < 4.78 is 6.11. The second-order valence-corrected chi connectivity index (χ2v) is 6.21. The van der Waals surface area contributed by atoms with E-state index in [0.717, 1.165) is 36.5 Å². The van der Waals surface area contributed by atoms with E-state index in [0.29, 0.717) is 0 Å². The molecule has 3 rings (SSSR count). The Hall–Kier alpha value is -1.37. The summed E-state index contributed by atoms with van der Waals surface area (Å²) in [6.45, 7) is 3.61. The van der Waals surface area contributed by atoms with Crippen molar-refractivity contribution in [1.29, 1.82) is 0 Å². The van der Waals surface area contributed by atoms with Crippen LogP contribution in [0, 0.1) is 0 Å². The second kappa shape index (κ2) is 8.17. The van der Waals surface area contributed by atoms with E-state index in [4.69, 9.17) is 16.3 Å². The zero-order valence-electron chi connectivity index (χ0n) is 12.2. The molecule has 0 radical (unpaired) electrons. The van der Waals surface area contributed by atoms with Crippen LogP contribution in [0.4, 0.5) is 11.5 Å². The fourth-order valence-corrected chi connectivity index (χ4v) is 2.72. The van der Waals surface area contributed by atoms with Gasteiger partial charge in [-0.3, -0.25) is 0 Å². The third kappa shape index (κ3) is 5.15. The van der Waals surface area contributed by atoms with E-state index >= 15 is 0 Å². The molecule has 1 aliphatic rings. The summed E-state index contributed by atoms with van der Waals surface area (Å²) in [5, 5.41) is 2.09. The number of ether oxygens (including phenoxy) is 1. The number of nitrogens with zero attached hydrogens (tertiary/aromatic N) is 4. The first-order valence-corrected chi connectivity index (χ1v) is 7.92. The second-order valence-electron chi connectivity index (χ2n) is 4.67. The summed E-state index contributed by atoms with van der Waals surface area (Å²) in [4.78, 5) is 12.0. The molecule has 0 bridgehead atoms. The quantitative estimate of drug-likeness (QED) is 0.849. The number of rotatable bonds is 2. The van der Waals surface area contributed by atoms with Crippen molar-refractivity contribution in [2.75, 3.05) is 50.2 Å². The average Bonchev–Trinajstić information content (AvgIpc) is 2.96. The van der Waals surface area contributed by atoms with Crippen molar-refractivity contribution < 1.29 is 4.74 Å². The molecule has 0 aliphatic carbocycles. The fraction of sp³-hybridized carbons (Fsp3) is 0.429. The van der Waals surface area contributed by atoms with Crippen molar-refractivity contribution in [1.82, 2.24) is 9.97 Å².